The zero-order valence-corrected chi connectivity index (χ0v) is 11.3. The van der Waals surface area contributed by atoms with Crippen LogP contribution < -0.4 is 10.6 Å². The van der Waals surface area contributed by atoms with E-state index in [9.17, 15) is 9.18 Å². The van der Waals surface area contributed by atoms with E-state index in [1.807, 2.05) is 6.92 Å². The molecule has 0 saturated heterocycles. The Kier molecular flexibility index (Phi) is 4.90. The largest absolute Gasteiger partial charge is 0.451 e. The first-order valence-corrected chi connectivity index (χ1v) is 6.56. The molecule has 1 aromatic heterocycles. The Bertz CT molecular complexity index is 581. The van der Waals surface area contributed by atoms with Crippen LogP contribution in [0.4, 0.5) is 4.39 Å². The second-order valence-electron chi connectivity index (χ2n) is 4.25. The van der Waals surface area contributed by atoms with Gasteiger partial charge in [0.1, 0.15) is 11.6 Å². The zero-order valence-electron chi connectivity index (χ0n) is 11.3. The molecular weight excluding hydrogens is 259 g/mol. The minimum Gasteiger partial charge on any atom is -0.451 e. The van der Waals surface area contributed by atoms with E-state index in [2.05, 4.69) is 10.6 Å². The van der Waals surface area contributed by atoms with Crippen LogP contribution in [0.25, 0.3) is 11.3 Å². The number of nitrogens with one attached hydrogen (secondary N) is 2. The monoisotopic (exact) mass is 276 g/mol. The first kappa shape index (κ1) is 14.3. The maximum atomic E-state index is 13.6. The average molecular weight is 276 g/mol. The molecule has 1 heterocycles. The van der Waals surface area contributed by atoms with Crippen LogP contribution in [0.5, 0.6) is 0 Å². The van der Waals surface area contributed by atoms with Crippen LogP contribution in [0, 0.1) is 5.82 Å². The Morgan fingerprint density at radius 1 is 1.20 bits per heavy atom. The van der Waals surface area contributed by atoms with Crippen molar-refractivity contribution in [2.45, 2.75) is 6.92 Å². The van der Waals surface area contributed by atoms with Gasteiger partial charge in [-0.05, 0) is 30.8 Å². The van der Waals surface area contributed by atoms with Crippen molar-refractivity contribution in [3.63, 3.8) is 0 Å². The highest BCUT2D eigenvalue weighted by Crippen LogP contribution is 2.24. The molecule has 0 atom stereocenters. The number of likely N-dealkylation sites (N-methyl/N-ethyl adjacent to an activating group) is 1. The van der Waals surface area contributed by atoms with Crippen LogP contribution in [0.2, 0.25) is 0 Å². The van der Waals surface area contributed by atoms with Crippen molar-refractivity contribution in [3.8, 4) is 11.3 Å². The second-order valence-corrected chi connectivity index (χ2v) is 4.25. The molecule has 2 rings (SSSR count). The van der Waals surface area contributed by atoms with Crippen LogP contribution in [0.3, 0.4) is 0 Å². The van der Waals surface area contributed by atoms with Crippen LogP contribution >= 0.6 is 0 Å². The van der Waals surface area contributed by atoms with Gasteiger partial charge in [-0.3, -0.25) is 4.79 Å². The average Bonchev–Trinajstić information content (AvgIpc) is 2.93. The molecule has 106 valence electrons. The molecule has 1 amide bonds. The predicted octanol–water partition coefficient (Wildman–Crippen LogP) is 2.43. The van der Waals surface area contributed by atoms with Gasteiger partial charge in [0.15, 0.2) is 5.76 Å². The van der Waals surface area contributed by atoms with Gasteiger partial charge < -0.3 is 15.1 Å². The minimum absolute atomic E-state index is 0.180. The van der Waals surface area contributed by atoms with Gasteiger partial charge in [0, 0.05) is 13.1 Å². The Morgan fingerprint density at radius 2 is 2.00 bits per heavy atom. The number of furan rings is 1. The van der Waals surface area contributed by atoms with Crippen LogP contribution in [0.1, 0.15) is 17.5 Å². The summed E-state index contributed by atoms with van der Waals surface area (Å²) in [5, 5.41) is 5.82. The molecule has 0 unspecified atom stereocenters. The molecule has 0 aliphatic heterocycles. The highest BCUT2D eigenvalue weighted by Gasteiger charge is 2.13. The lowest BCUT2D eigenvalue weighted by atomic mass is 10.1. The molecule has 1 aromatic carbocycles. The number of carbonyl (C=O) groups is 1. The lowest BCUT2D eigenvalue weighted by molar-refractivity contribution is 0.0927. The second kappa shape index (κ2) is 6.86. The van der Waals surface area contributed by atoms with E-state index < -0.39 is 0 Å². The lowest BCUT2D eigenvalue weighted by Gasteiger charge is -2.03. The van der Waals surface area contributed by atoms with E-state index in [1.54, 1.807) is 30.3 Å². The number of benzene rings is 1. The Balaban J connectivity index is 2.02. The third kappa shape index (κ3) is 3.45. The standard InChI is InChI=1S/C15H17FN2O2/c1-2-17-9-10-18-15(19)14-8-7-13(20-14)11-5-3-4-6-12(11)16/h3-8,17H,2,9-10H2,1H3,(H,18,19). The van der Waals surface area contributed by atoms with Crippen molar-refractivity contribution in [3.05, 3.63) is 48.0 Å². The molecule has 0 saturated carbocycles. The molecule has 0 bridgehead atoms. The summed E-state index contributed by atoms with van der Waals surface area (Å²) in [6.45, 7) is 4.06. The summed E-state index contributed by atoms with van der Waals surface area (Å²) in [5.74, 6) is -0.147. The van der Waals surface area contributed by atoms with Gasteiger partial charge in [-0.15, -0.1) is 0 Å². The van der Waals surface area contributed by atoms with Gasteiger partial charge in [-0.25, -0.2) is 4.39 Å². The van der Waals surface area contributed by atoms with Crippen LogP contribution in [0.15, 0.2) is 40.8 Å². The first-order chi connectivity index (χ1) is 9.72. The fraction of sp³-hybridized carbons (Fsp3) is 0.267. The van der Waals surface area contributed by atoms with Crippen LogP contribution in [-0.4, -0.2) is 25.5 Å². The summed E-state index contributed by atoms with van der Waals surface area (Å²) in [5.41, 5.74) is 0.346. The topological polar surface area (TPSA) is 54.3 Å². The number of hydrogen-bond donors (Lipinski definition) is 2. The molecule has 2 aromatic rings. The van der Waals surface area contributed by atoms with Crippen molar-refractivity contribution >= 4 is 5.91 Å². The van der Waals surface area contributed by atoms with E-state index in [-0.39, 0.29) is 17.5 Å². The van der Waals surface area contributed by atoms with Gasteiger partial charge in [-0.1, -0.05) is 19.1 Å². The predicted molar refractivity (Wildman–Crippen MR) is 75.0 cm³/mol. The number of halogens is 1. The van der Waals surface area contributed by atoms with E-state index in [0.717, 1.165) is 6.54 Å². The Labute approximate surface area is 117 Å². The first-order valence-electron chi connectivity index (χ1n) is 6.56. The Morgan fingerprint density at radius 3 is 2.75 bits per heavy atom. The third-order valence-electron chi connectivity index (χ3n) is 2.81. The van der Waals surface area contributed by atoms with Crippen molar-refractivity contribution < 1.29 is 13.6 Å². The van der Waals surface area contributed by atoms with Gasteiger partial charge >= 0.3 is 0 Å². The molecule has 20 heavy (non-hydrogen) atoms. The van der Waals surface area contributed by atoms with Gasteiger partial charge in [0.05, 0.1) is 5.56 Å². The van der Waals surface area contributed by atoms with Gasteiger partial charge in [0.25, 0.3) is 5.91 Å². The van der Waals surface area contributed by atoms with Gasteiger partial charge in [-0.2, -0.15) is 0 Å². The van der Waals surface area contributed by atoms with E-state index in [0.29, 0.717) is 24.4 Å². The molecule has 0 radical (unpaired) electrons. The van der Waals surface area contributed by atoms with E-state index >= 15 is 0 Å². The summed E-state index contributed by atoms with van der Waals surface area (Å²) in [4.78, 5) is 11.8. The van der Waals surface area contributed by atoms with E-state index in [4.69, 9.17) is 4.42 Å². The highest BCUT2D eigenvalue weighted by molar-refractivity contribution is 5.92. The number of hydrogen-bond acceptors (Lipinski definition) is 3. The summed E-state index contributed by atoms with van der Waals surface area (Å²) in [6.07, 6.45) is 0. The fourth-order valence-corrected chi connectivity index (χ4v) is 1.79. The van der Waals surface area contributed by atoms with Gasteiger partial charge in [0.2, 0.25) is 0 Å². The molecule has 0 aliphatic carbocycles. The fourth-order valence-electron chi connectivity index (χ4n) is 1.79. The minimum atomic E-state index is -0.374. The zero-order chi connectivity index (χ0) is 14.4. The summed E-state index contributed by atoms with van der Waals surface area (Å²) in [7, 11) is 0. The van der Waals surface area contributed by atoms with E-state index in [1.165, 1.54) is 6.07 Å². The molecule has 2 N–H and O–H groups in total. The number of amides is 1. The van der Waals surface area contributed by atoms with Crippen molar-refractivity contribution in [1.82, 2.24) is 10.6 Å². The maximum absolute atomic E-state index is 13.6. The molecule has 5 heteroatoms. The smallest absolute Gasteiger partial charge is 0.287 e. The van der Waals surface area contributed by atoms with Crippen molar-refractivity contribution in [2.24, 2.45) is 0 Å². The molecular formula is C15H17FN2O2. The summed E-state index contributed by atoms with van der Waals surface area (Å²) >= 11 is 0. The Hall–Kier alpha value is -2.14. The number of rotatable bonds is 6. The van der Waals surface area contributed by atoms with Crippen molar-refractivity contribution in [1.29, 1.82) is 0 Å². The SMILES string of the molecule is CCNCCNC(=O)c1ccc(-c2ccccc2F)o1. The lowest BCUT2D eigenvalue weighted by Crippen LogP contribution is -2.31. The molecule has 4 nitrogen and oxygen atoms in total. The quantitative estimate of drug-likeness (QED) is 0.797. The summed E-state index contributed by atoms with van der Waals surface area (Å²) in [6, 6.07) is 9.43. The van der Waals surface area contributed by atoms with Crippen LogP contribution in [-0.2, 0) is 0 Å². The summed E-state index contributed by atoms with van der Waals surface area (Å²) < 4.78 is 19.0. The molecule has 0 spiro atoms. The third-order valence-corrected chi connectivity index (χ3v) is 2.81. The molecule has 0 aliphatic rings. The molecule has 0 fully saturated rings. The normalized spacial score (nSPS) is 10.5. The van der Waals surface area contributed by atoms with Crippen molar-refractivity contribution in [2.75, 3.05) is 19.6 Å². The highest BCUT2D eigenvalue weighted by atomic mass is 19.1. The number of carbonyl (C=O) groups excluding carboxylic acids is 1. The maximum Gasteiger partial charge on any atom is 0.287 e.